The first-order valence-electron chi connectivity index (χ1n) is 16.1. The molecule has 3 atom stereocenters. The molecule has 0 rings (SSSR count). The average molecular weight is 767 g/mol. The lowest BCUT2D eigenvalue weighted by Gasteiger charge is -2.31. The maximum absolute atomic E-state index is 12.1. The minimum atomic E-state index is -4.08. The SMILES string of the molecule is C=C(C)C(=O)OCCC[Si](C)(OC[Si](C)CCCOP(=O)(O)OCC[N+](C)(C)C)O[Si](C)CCCCOP(=O)(O)OCC[N+](C)(C)C. The van der Waals surface area contributed by atoms with Crippen LogP contribution in [0.25, 0.3) is 0 Å². The minimum absolute atomic E-state index is 0.117. The van der Waals surface area contributed by atoms with Crippen LogP contribution in [0, 0.1) is 0 Å². The number of phosphoric ester groups is 2. The summed E-state index contributed by atoms with van der Waals surface area (Å²) in [4.78, 5) is 31.6. The Morgan fingerprint density at radius 2 is 1.26 bits per heavy atom. The summed E-state index contributed by atoms with van der Waals surface area (Å²) < 4.78 is 64.3. The van der Waals surface area contributed by atoms with Gasteiger partial charge >= 0.3 is 30.2 Å². The smallest absolute Gasteiger partial charge is 0.462 e. The maximum Gasteiger partial charge on any atom is 0.472 e. The molecule has 14 nitrogen and oxygen atoms in total. The van der Waals surface area contributed by atoms with Crippen molar-refractivity contribution in [3.8, 4) is 0 Å². The molecule has 47 heavy (non-hydrogen) atoms. The number of hydrogen-bond donors (Lipinski definition) is 2. The van der Waals surface area contributed by atoms with Crippen LogP contribution < -0.4 is 0 Å². The van der Waals surface area contributed by atoms with Gasteiger partial charge in [0.2, 0.25) is 0 Å². The first-order chi connectivity index (χ1) is 21.4. The predicted octanol–water partition coefficient (Wildman–Crippen LogP) is 4.74. The first-order valence-corrected chi connectivity index (χ1v) is 26.1. The second-order valence-corrected chi connectivity index (χ2v) is 25.4. The van der Waals surface area contributed by atoms with Crippen molar-refractivity contribution in [2.24, 2.45) is 0 Å². The topological polar surface area (TPSA) is 156 Å². The van der Waals surface area contributed by atoms with E-state index in [4.69, 9.17) is 31.4 Å². The fourth-order valence-electron chi connectivity index (χ4n) is 3.75. The Kier molecular flexibility index (Phi) is 22.6. The van der Waals surface area contributed by atoms with Crippen LogP contribution in [0.15, 0.2) is 12.2 Å². The molecule has 0 saturated carbocycles. The number of phosphoric acid groups is 2. The number of unbranched alkanes of at least 4 members (excludes halogenated alkanes) is 1. The fourth-order valence-corrected chi connectivity index (χ4v) is 14.0. The molecular formula is C28H64N2O12P2Si3+2. The Morgan fingerprint density at radius 3 is 1.74 bits per heavy atom. The summed E-state index contributed by atoms with van der Waals surface area (Å²) in [6.45, 7) is 13.4. The monoisotopic (exact) mass is 766 g/mol. The van der Waals surface area contributed by atoms with Gasteiger partial charge in [-0.25, -0.2) is 13.9 Å². The van der Waals surface area contributed by atoms with Gasteiger partial charge in [-0.3, -0.25) is 18.1 Å². The molecule has 3 unspecified atom stereocenters. The third-order valence-electron chi connectivity index (χ3n) is 6.58. The molecule has 0 aromatic heterocycles. The van der Waals surface area contributed by atoms with Crippen LogP contribution in [-0.2, 0) is 45.3 Å². The van der Waals surface area contributed by atoms with Gasteiger partial charge in [0.25, 0.3) is 0 Å². The van der Waals surface area contributed by atoms with E-state index in [0.29, 0.717) is 59.2 Å². The van der Waals surface area contributed by atoms with Crippen molar-refractivity contribution in [2.45, 2.75) is 70.4 Å². The van der Waals surface area contributed by atoms with E-state index < -0.39 is 48.0 Å². The molecule has 278 valence electrons. The number of carbonyl (C=O) groups is 1. The molecule has 0 heterocycles. The average Bonchev–Trinajstić information content (AvgIpc) is 2.90. The van der Waals surface area contributed by atoms with Crippen LogP contribution in [-0.4, -0.2) is 146 Å². The summed E-state index contributed by atoms with van der Waals surface area (Å²) in [5.74, 6) is -0.420. The molecule has 0 amide bonds. The maximum atomic E-state index is 12.1. The zero-order chi connectivity index (χ0) is 36.4. The van der Waals surface area contributed by atoms with E-state index in [1.807, 2.05) is 48.8 Å². The van der Waals surface area contributed by atoms with Crippen LogP contribution in [0.3, 0.4) is 0 Å². The van der Waals surface area contributed by atoms with Crippen molar-refractivity contribution >= 4 is 48.0 Å². The molecular weight excluding hydrogens is 703 g/mol. The number of hydrogen-bond acceptors (Lipinski definition) is 10. The molecule has 0 aromatic carbocycles. The summed E-state index contributed by atoms with van der Waals surface area (Å²) in [5, 5.41) is 0. The highest BCUT2D eigenvalue weighted by Gasteiger charge is 2.34. The van der Waals surface area contributed by atoms with Gasteiger partial charge in [0.1, 0.15) is 26.3 Å². The highest BCUT2D eigenvalue weighted by molar-refractivity contribution is 7.47. The van der Waals surface area contributed by atoms with E-state index in [1.165, 1.54) is 0 Å². The summed E-state index contributed by atoms with van der Waals surface area (Å²) in [7, 11) is -1.14. The molecule has 2 radical (unpaired) electrons. The van der Waals surface area contributed by atoms with E-state index in [9.17, 15) is 23.7 Å². The number of rotatable bonds is 29. The largest absolute Gasteiger partial charge is 0.472 e. The second kappa shape index (κ2) is 22.7. The summed E-state index contributed by atoms with van der Waals surface area (Å²) in [6.07, 6.45) is 3.12. The summed E-state index contributed by atoms with van der Waals surface area (Å²) >= 11 is 0. The van der Waals surface area contributed by atoms with Crippen molar-refractivity contribution in [1.82, 2.24) is 0 Å². The number of ether oxygens (including phenoxy) is 1. The van der Waals surface area contributed by atoms with Crippen molar-refractivity contribution in [2.75, 3.05) is 94.6 Å². The van der Waals surface area contributed by atoms with Crippen LogP contribution in [0.2, 0.25) is 37.8 Å². The molecule has 2 N–H and O–H groups in total. The van der Waals surface area contributed by atoms with Gasteiger partial charge in [0.05, 0.1) is 70.9 Å². The Hall–Kier alpha value is -0.0794. The third-order valence-corrected chi connectivity index (χ3v) is 16.9. The van der Waals surface area contributed by atoms with Crippen molar-refractivity contribution in [3.05, 3.63) is 12.2 Å². The van der Waals surface area contributed by atoms with E-state index in [2.05, 4.69) is 19.7 Å². The summed E-state index contributed by atoms with van der Waals surface area (Å²) in [5.41, 5.74) is 0.351. The van der Waals surface area contributed by atoms with Gasteiger partial charge in [-0.05, 0) is 51.4 Å². The molecule has 0 saturated heterocycles. The fraction of sp³-hybridized carbons (Fsp3) is 0.893. The molecule has 0 spiro atoms. The van der Waals surface area contributed by atoms with Crippen LogP contribution in [0.1, 0.15) is 32.6 Å². The van der Waals surface area contributed by atoms with Crippen LogP contribution in [0.5, 0.6) is 0 Å². The first kappa shape index (κ1) is 46.9. The van der Waals surface area contributed by atoms with Gasteiger partial charge in [-0.15, -0.1) is 0 Å². The summed E-state index contributed by atoms with van der Waals surface area (Å²) in [6, 6.07) is 2.28. The van der Waals surface area contributed by atoms with Gasteiger partial charge in [0, 0.05) is 11.8 Å². The normalized spacial score (nSPS) is 16.6. The Morgan fingerprint density at radius 1 is 0.766 bits per heavy atom. The number of carbonyl (C=O) groups excluding carboxylic acids is 1. The Balaban J connectivity index is 4.78. The second-order valence-electron chi connectivity index (χ2n) is 14.1. The van der Waals surface area contributed by atoms with Crippen molar-refractivity contribution in [1.29, 1.82) is 0 Å². The van der Waals surface area contributed by atoms with Gasteiger partial charge < -0.3 is 32.0 Å². The Bertz CT molecular complexity index is 1020. The molecule has 0 aliphatic rings. The van der Waals surface area contributed by atoms with Crippen molar-refractivity contribution < 1.29 is 64.1 Å². The number of esters is 1. The molecule has 0 aromatic rings. The third kappa shape index (κ3) is 28.3. The molecule has 0 bridgehead atoms. The molecule has 0 aliphatic heterocycles. The highest BCUT2D eigenvalue weighted by atomic mass is 31.2. The standard InChI is InChI=1S/C28H62N2O12P2Si3/c1-27(2)28(31)36-18-15-25-47(11,41-26-45(9)23-14-20-38-44(34,35)40-22-17-30(6,7)8)42-46(10)24-13-12-19-37-43(32,33)39-21-16-29(3,4)5/h1,12-26H2,2-11H3/p+2. The number of quaternary nitrogens is 2. The van der Waals surface area contributed by atoms with Gasteiger partial charge in [-0.1, -0.05) is 25.6 Å². The van der Waals surface area contributed by atoms with E-state index in [-0.39, 0.29) is 33.0 Å². The predicted molar refractivity (Wildman–Crippen MR) is 190 cm³/mol. The molecule has 0 fully saturated rings. The quantitative estimate of drug-likeness (QED) is 0.0270. The molecule has 19 heteroatoms. The van der Waals surface area contributed by atoms with Crippen LogP contribution in [0.4, 0.5) is 0 Å². The number of likely N-dealkylation sites (N-methyl/N-ethyl adjacent to an activating group) is 2. The lowest BCUT2D eigenvalue weighted by Crippen LogP contribution is -2.45. The zero-order valence-corrected chi connectivity index (χ0v) is 35.4. The zero-order valence-electron chi connectivity index (χ0n) is 30.6. The lowest BCUT2D eigenvalue weighted by atomic mass is 10.4. The van der Waals surface area contributed by atoms with Gasteiger partial charge in [0.15, 0.2) is 9.04 Å². The Labute approximate surface area is 288 Å². The molecule has 0 aliphatic carbocycles. The van der Waals surface area contributed by atoms with E-state index >= 15 is 0 Å². The van der Waals surface area contributed by atoms with E-state index in [1.54, 1.807) is 6.92 Å². The van der Waals surface area contributed by atoms with Gasteiger partial charge in [-0.2, -0.15) is 0 Å². The van der Waals surface area contributed by atoms with E-state index in [0.717, 1.165) is 18.5 Å². The highest BCUT2D eigenvalue weighted by Crippen LogP contribution is 2.44. The van der Waals surface area contributed by atoms with Crippen molar-refractivity contribution in [3.63, 3.8) is 0 Å². The van der Waals surface area contributed by atoms with Crippen LogP contribution >= 0.6 is 15.6 Å². The number of nitrogens with zero attached hydrogens (tertiary/aromatic N) is 2. The minimum Gasteiger partial charge on any atom is -0.462 e. The lowest BCUT2D eigenvalue weighted by molar-refractivity contribution is -0.870.